The van der Waals surface area contributed by atoms with E-state index in [9.17, 15) is 4.79 Å². The fourth-order valence-corrected chi connectivity index (χ4v) is 2.67. The molecule has 2 aromatic heterocycles. The predicted molar refractivity (Wildman–Crippen MR) is 73.4 cm³/mol. The standard InChI is InChI=1S/C12H12N2O2S2/c1-3-16-11(15)9-10(18-12(17)14-9)8-6-4-5-7(2)13-8/h4-6H,3H2,1-2H3,(H,14,17). The summed E-state index contributed by atoms with van der Waals surface area (Å²) in [7, 11) is 0. The van der Waals surface area contributed by atoms with E-state index in [1.165, 1.54) is 11.3 Å². The van der Waals surface area contributed by atoms with Gasteiger partial charge in [0.05, 0.1) is 17.2 Å². The Morgan fingerprint density at radius 3 is 3.00 bits per heavy atom. The molecular formula is C12H12N2O2S2. The summed E-state index contributed by atoms with van der Waals surface area (Å²) in [6, 6.07) is 5.65. The number of hydrogen-bond donors (Lipinski definition) is 1. The molecule has 0 radical (unpaired) electrons. The maximum atomic E-state index is 11.8. The molecule has 6 heteroatoms. The average molecular weight is 280 g/mol. The molecule has 0 bridgehead atoms. The van der Waals surface area contributed by atoms with Gasteiger partial charge in [0, 0.05) is 5.69 Å². The molecule has 0 saturated carbocycles. The number of nitrogens with zero attached hydrogens (tertiary/aromatic N) is 1. The number of H-pyrrole nitrogens is 1. The van der Waals surface area contributed by atoms with Crippen LogP contribution >= 0.6 is 23.6 Å². The van der Waals surface area contributed by atoms with Crippen LogP contribution in [-0.4, -0.2) is 22.5 Å². The number of aromatic amines is 1. The summed E-state index contributed by atoms with van der Waals surface area (Å²) in [5.41, 5.74) is 2.00. The third kappa shape index (κ3) is 2.65. The lowest BCUT2D eigenvalue weighted by molar-refractivity contribution is 0.0521. The Balaban J connectivity index is 2.51. The summed E-state index contributed by atoms with van der Waals surface area (Å²) < 4.78 is 5.53. The van der Waals surface area contributed by atoms with E-state index < -0.39 is 5.97 Å². The SMILES string of the molecule is CCOC(=O)c1[nH]c(=S)sc1-c1cccc(C)n1. The molecule has 0 saturated heterocycles. The van der Waals surface area contributed by atoms with Gasteiger partial charge in [-0.25, -0.2) is 4.79 Å². The third-order valence-electron chi connectivity index (χ3n) is 2.25. The monoisotopic (exact) mass is 280 g/mol. The summed E-state index contributed by atoms with van der Waals surface area (Å²) in [6.45, 7) is 4.00. The molecule has 0 spiro atoms. The zero-order chi connectivity index (χ0) is 13.1. The predicted octanol–water partition coefficient (Wildman–Crippen LogP) is 3.35. The molecule has 94 valence electrons. The van der Waals surface area contributed by atoms with Crippen molar-refractivity contribution < 1.29 is 9.53 Å². The van der Waals surface area contributed by atoms with Gasteiger partial charge in [-0.1, -0.05) is 6.07 Å². The number of carbonyl (C=O) groups is 1. The van der Waals surface area contributed by atoms with Gasteiger partial charge in [0.1, 0.15) is 5.69 Å². The molecule has 2 aromatic rings. The molecule has 18 heavy (non-hydrogen) atoms. The van der Waals surface area contributed by atoms with Gasteiger partial charge in [0.25, 0.3) is 0 Å². The van der Waals surface area contributed by atoms with Crippen LogP contribution in [0.1, 0.15) is 23.1 Å². The number of esters is 1. The lowest BCUT2D eigenvalue weighted by Gasteiger charge is -2.03. The van der Waals surface area contributed by atoms with E-state index in [1.54, 1.807) is 6.92 Å². The second-order valence-corrected chi connectivity index (χ2v) is 5.29. The summed E-state index contributed by atoms with van der Waals surface area (Å²) in [5, 5.41) is 0. The van der Waals surface area contributed by atoms with Gasteiger partial charge in [0.2, 0.25) is 0 Å². The first-order valence-corrected chi connectivity index (χ1v) is 6.68. The van der Waals surface area contributed by atoms with Crippen LogP contribution in [0.15, 0.2) is 18.2 Å². The smallest absolute Gasteiger partial charge is 0.356 e. The highest BCUT2D eigenvalue weighted by Gasteiger charge is 2.18. The minimum Gasteiger partial charge on any atom is -0.461 e. The Hall–Kier alpha value is -1.53. The number of rotatable bonds is 3. The number of ether oxygens (including phenoxy) is 1. The van der Waals surface area contributed by atoms with Gasteiger partial charge in [-0.2, -0.15) is 0 Å². The van der Waals surface area contributed by atoms with E-state index in [0.29, 0.717) is 16.3 Å². The molecular weight excluding hydrogens is 268 g/mol. The molecule has 0 aliphatic heterocycles. The number of nitrogens with one attached hydrogen (secondary N) is 1. The minimum absolute atomic E-state index is 0.329. The van der Waals surface area contributed by atoms with Crippen molar-refractivity contribution in [3.63, 3.8) is 0 Å². The fourth-order valence-electron chi connectivity index (χ4n) is 1.52. The molecule has 1 N–H and O–H groups in total. The van der Waals surface area contributed by atoms with Crippen LogP contribution in [0.3, 0.4) is 0 Å². The lowest BCUT2D eigenvalue weighted by Crippen LogP contribution is -2.06. The topological polar surface area (TPSA) is 55.0 Å². The Kier molecular flexibility index (Phi) is 3.88. The van der Waals surface area contributed by atoms with E-state index in [1.807, 2.05) is 25.1 Å². The molecule has 2 rings (SSSR count). The molecule has 0 aliphatic rings. The number of hydrogen-bond acceptors (Lipinski definition) is 5. The van der Waals surface area contributed by atoms with E-state index in [2.05, 4.69) is 9.97 Å². The van der Waals surface area contributed by atoms with Crippen molar-refractivity contribution in [3.05, 3.63) is 33.5 Å². The van der Waals surface area contributed by atoms with E-state index in [-0.39, 0.29) is 0 Å². The third-order valence-corrected chi connectivity index (χ3v) is 3.51. The van der Waals surface area contributed by atoms with Gasteiger partial charge in [-0.3, -0.25) is 4.98 Å². The van der Waals surface area contributed by atoms with Crippen LogP contribution in [0.2, 0.25) is 0 Å². The quantitative estimate of drug-likeness (QED) is 0.692. The van der Waals surface area contributed by atoms with Gasteiger partial charge in [-0.15, -0.1) is 11.3 Å². The number of thiazole rings is 1. The van der Waals surface area contributed by atoms with Gasteiger partial charge in [-0.05, 0) is 38.2 Å². The molecule has 0 unspecified atom stereocenters. The van der Waals surface area contributed by atoms with Gasteiger partial charge in [0.15, 0.2) is 3.95 Å². The molecule has 4 nitrogen and oxygen atoms in total. The molecule has 0 atom stereocenters. The number of pyridine rings is 1. The normalized spacial score (nSPS) is 10.3. The first kappa shape index (κ1) is 12.9. The average Bonchev–Trinajstić information content (AvgIpc) is 2.72. The summed E-state index contributed by atoms with van der Waals surface area (Å²) in [6.07, 6.45) is 0. The molecule has 0 aromatic carbocycles. The second-order valence-electron chi connectivity index (χ2n) is 3.60. The highest BCUT2D eigenvalue weighted by Crippen LogP contribution is 2.27. The van der Waals surface area contributed by atoms with Crippen molar-refractivity contribution in [3.8, 4) is 10.6 Å². The first-order chi connectivity index (χ1) is 8.61. The van der Waals surface area contributed by atoms with Crippen LogP contribution in [0.25, 0.3) is 10.6 Å². The van der Waals surface area contributed by atoms with Crippen LogP contribution in [0.4, 0.5) is 0 Å². The Bertz CT molecular complexity index is 631. The van der Waals surface area contributed by atoms with E-state index in [4.69, 9.17) is 17.0 Å². The van der Waals surface area contributed by atoms with Gasteiger partial charge >= 0.3 is 5.97 Å². The molecule has 0 aliphatic carbocycles. The van der Waals surface area contributed by atoms with Crippen LogP contribution in [0.5, 0.6) is 0 Å². The van der Waals surface area contributed by atoms with Crippen molar-refractivity contribution in [1.82, 2.24) is 9.97 Å². The van der Waals surface area contributed by atoms with Crippen molar-refractivity contribution >= 4 is 29.5 Å². The van der Waals surface area contributed by atoms with Crippen LogP contribution < -0.4 is 0 Å². The largest absolute Gasteiger partial charge is 0.461 e. The molecule has 0 amide bonds. The summed E-state index contributed by atoms with van der Waals surface area (Å²) in [4.78, 5) is 19.8. The zero-order valence-electron chi connectivity index (χ0n) is 10.0. The summed E-state index contributed by atoms with van der Waals surface area (Å²) >= 11 is 6.41. The van der Waals surface area contributed by atoms with Crippen LogP contribution in [-0.2, 0) is 4.74 Å². The second kappa shape index (κ2) is 5.41. The highest BCUT2D eigenvalue weighted by molar-refractivity contribution is 7.73. The molecule has 2 heterocycles. The highest BCUT2D eigenvalue weighted by atomic mass is 32.1. The Labute approximate surface area is 114 Å². The first-order valence-electron chi connectivity index (χ1n) is 5.46. The maximum absolute atomic E-state index is 11.8. The lowest BCUT2D eigenvalue weighted by atomic mass is 10.2. The number of carbonyl (C=O) groups excluding carboxylic acids is 1. The van der Waals surface area contributed by atoms with Crippen LogP contribution in [0, 0.1) is 10.9 Å². The van der Waals surface area contributed by atoms with E-state index in [0.717, 1.165) is 16.3 Å². The number of aromatic nitrogens is 2. The van der Waals surface area contributed by atoms with Crippen molar-refractivity contribution in [1.29, 1.82) is 0 Å². The fraction of sp³-hybridized carbons (Fsp3) is 0.250. The molecule has 0 fully saturated rings. The van der Waals surface area contributed by atoms with Gasteiger partial charge < -0.3 is 9.72 Å². The number of aryl methyl sites for hydroxylation is 1. The van der Waals surface area contributed by atoms with Crippen molar-refractivity contribution in [2.75, 3.05) is 6.61 Å². The minimum atomic E-state index is -0.400. The van der Waals surface area contributed by atoms with Crippen molar-refractivity contribution in [2.45, 2.75) is 13.8 Å². The van der Waals surface area contributed by atoms with E-state index >= 15 is 0 Å². The zero-order valence-corrected chi connectivity index (χ0v) is 11.7. The maximum Gasteiger partial charge on any atom is 0.356 e. The van der Waals surface area contributed by atoms with Crippen molar-refractivity contribution in [2.24, 2.45) is 0 Å². The summed E-state index contributed by atoms with van der Waals surface area (Å²) in [5.74, 6) is -0.400. The Morgan fingerprint density at radius 1 is 1.56 bits per heavy atom. The Morgan fingerprint density at radius 2 is 2.33 bits per heavy atom.